The predicted octanol–water partition coefficient (Wildman–Crippen LogP) is 0.995. The summed E-state index contributed by atoms with van der Waals surface area (Å²) in [5, 5.41) is 9.95. The molecule has 0 aliphatic heterocycles. The van der Waals surface area contributed by atoms with Gasteiger partial charge in [-0.3, -0.25) is 14.3 Å². The number of nitrogens with one attached hydrogen (secondary N) is 1. The third-order valence-corrected chi connectivity index (χ3v) is 3.53. The van der Waals surface area contributed by atoms with E-state index in [0.29, 0.717) is 24.4 Å². The largest absolute Gasteiger partial charge is 0.494 e. The van der Waals surface area contributed by atoms with Gasteiger partial charge in [0.25, 0.3) is 5.56 Å². The van der Waals surface area contributed by atoms with Gasteiger partial charge in [-0.05, 0) is 25.2 Å². The summed E-state index contributed by atoms with van der Waals surface area (Å²) in [7, 11) is 0. The Kier molecular flexibility index (Phi) is 3.36. The number of aromatic hydroxyl groups is 1. The second-order valence-electron chi connectivity index (χ2n) is 4.68. The number of rotatable bonds is 3. The fraction of sp³-hybridized carbons (Fsp3) is 0.667. The molecule has 1 aliphatic rings. The maximum atomic E-state index is 11.7. The van der Waals surface area contributed by atoms with Crippen LogP contribution in [0.4, 0.5) is 0 Å². The summed E-state index contributed by atoms with van der Waals surface area (Å²) in [6.45, 7) is 2.29. The van der Waals surface area contributed by atoms with Crippen LogP contribution in [0.5, 0.6) is 5.88 Å². The number of hydrogen-bond donors (Lipinski definition) is 2. The first-order valence-electron chi connectivity index (χ1n) is 6.18. The maximum absolute atomic E-state index is 11.7. The molecule has 0 spiro atoms. The first-order chi connectivity index (χ1) is 8.13. The molecule has 0 aromatic carbocycles. The van der Waals surface area contributed by atoms with Crippen molar-refractivity contribution in [1.29, 1.82) is 0 Å². The van der Waals surface area contributed by atoms with Gasteiger partial charge in [-0.2, -0.15) is 0 Å². The Labute approximate surface area is 99.1 Å². The molecule has 0 radical (unpaired) electrons. The second kappa shape index (κ2) is 4.77. The molecule has 17 heavy (non-hydrogen) atoms. The molecule has 2 N–H and O–H groups in total. The highest BCUT2D eigenvalue weighted by molar-refractivity contribution is 5.22. The van der Waals surface area contributed by atoms with Gasteiger partial charge in [0.15, 0.2) is 0 Å². The molecule has 1 saturated carbocycles. The van der Waals surface area contributed by atoms with Crippen LogP contribution in [0.3, 0.4) is 0 Å². The lowest BCUT2D eigenvalue weighted by Crippen LogP contribution is -2.33. The molecule has 0 unspecified atom stereocenters. The van der Waals surface area contributed by atoms with Gasteiger partial charge in [-0.1, -0.05) is 19.8 Å². The highest BCUT2D eigenvalue weighted by Gasteiger charge is 2.19. The van der Waals surface area contributed by atoms with Crippen molar-refractivity contribution in [3.63, 3.8) is 0 Å². The number of H-pyrrole nitrogens is 1. The van der Waals surface area contributed by atoms with E-state index in [0.717, 1.165) is 12.8 Å². The molecular weight excluding hydrogens is 220 g/mol. The Hall–Kier alpha value is -1.52. The monoisotopic (exact) mass is 238 g/mol. The zero-order valence-electron chi connectivity index (χ0n) is 10.0. The average Bonchev–Trinajstić information content (AvgIpc) is 2.77. The van der Waals surface area contributed by atoms with Gasteiger partial charge >= 0.3 is 5.69 Å². The maximum Gasteiger partial charge on any atom is 0.331 e. The Bertz CT molecular complexity index is 509. The highest BCUT2D eigenvalue weighted by Crippen LogP contribution is 2.27. The minimum atomic E-state index is -0.503. The molecule has 0 atom stereocenters. The number of aromatic nitrogens is 2. The van der Waals surface area contributed by atoms with Gasteiger partial charge in [0, 0.05) is 6.54 Å². The standard InChI is InChI=1S/C12H18N2O3/c1-2-9-10(15)13-12(17)14(11(9)16)7-8-5-3-4-6-8/h8,16H,2-7H2,1H3,(H,13,15,17). The van der Waals surface area contributed by atoms with Crippen molar-refractivity contribution in [3.05, 3.63) is 26.4 Å². The quantitative estimate of drug-likeness (QED) is 0.824. The van der Waals surface area contributed by atoms with E-state index in [9.17, 15) is 14.7 Å². The smallest absolute Gasteiger partial charge is 0.331 e. The van der Waals surface area contributed by atoms with Crippen molar-refractivity contribution in [2.24, 2.45) is 5.92 Å². The fourth-order valence-corrected chi connectivity index (χ4v) is 2.54. The van der Waals surface area contributed by atoms with E-state index in [1.54, 1.807) is 6.92 Å². The van der Waals surface area contributed by atoms with Crippen LogP contribution in [0.15, 0.2) is 9.59 Å². The number of hydrogen-bond acceptors (Lipinski definition) is 3. The summed E-state index contributed by atoms with van der Waals surface area (Å²) in [4.78, 5) is 25.4. The molecule has 1 aliphatic carbocycles. The van der Waals surface area contributed by atoms with Crippen LogP contribution in [0.25, 0.3) is 0 Å². The normalized spacial score (nSPS) is 16.5. The second-order valence-corrected chi connectivity index (χ2v) is 4.68. The topological polar surface area (TPSA) is 75.1 Å². The predicted molar refractivity (Wildman–Crippen MR) is 64.3 cm³/mol. The van der Waals surface area contributed by atoms with Gasteiger partial charge in [-0.15, -0.1) is 0 Å². The van der Waals surface area contributed by atoms with Gasteiger partial charge < -0.3 is 5.11 Å². The van der Waals surface area contributed by atoms with Crippen LogP contribution in [-0.4, -0.2) is 14.7 Å². The Morgan fingerprint density at radius 1 is 1.35 bits per heavy atom. The number of aromatic amines is 1. The van der Waals surface area contributed by atoms with E-state index in [1.165, 1.54) is 17.4 Å². The van der Waals surface area contributed by atoms with Crippen molar-refractivity contribution in [1.82, 2.24) is 9.55 Å². The fourth-order valence-electron chi connectivity index (χ4n) is 2.54. The molecule has 1 heterocycles. The lowest BCUT2D eigenvalue weighted by Gasteiger charge is -2.14. The van der Waals surface area contributed by atoms with E-state index in [1.807, 2.05) is 0 Å². The van der Waals surface area contributed by atoms with Crippen LogP contribution in [0.2, 0.25) is 0 Å². The van der Waals surface area contributed by atoms with Crippen LogP contribution in [0, 0.1) is 5.92 Å². The van der Waals surface area contributed by atoms with Crippen molar-refractivity contribution in [2.75, 3.05) is 0 Å². The van der Waals surface area contributed by atoms with Gasteiger partial charge in [-0.25, -0.2) is 4.79 Å². The lowest BCUT2D eigenvalue weighted by molar-refractivity contribution is 0.355. The molecule has 5 heteroatoms. The molecule has 2 rings (SSSR count). The first-order valence-corrected chi connectivity index (χ1v) is 6.18. The van der Waals surface area contributed by atoms with Crippen molar-refractivity contribution < 1.29 is 5.11 Å². The Morgan fingerprint density at radius 2 is 2.00 bits per heavy atom. The minimum absolute atomic E-state index is 0.159. The molecule has 1 aromatic heterocycles. The number of nitrogens with zero attached hydrogens (tertiary/aromatic N) is 1. The van der Waals surface area contributed by atoms with Crippen LogP contribution < -0.4 is 11.2 Å². The summed E-state index contributed by atoms with van der Waals surface area (Å²) in [6, 6.07) is 0. The van der Waals surface area contributed by atoms with Crippen molar-refractivity contribution in [3.8, 4) is 5.88 Å². The van der Waals surface area contributed by atoms with E-state index < -0.39 is 11.2 Å². The SMILES string of the molecule is CCc1c(O)n(CC2CCCC2)c(=O)[nH]c1=O. The summed E-state index contributed by atoms with van der Waals surface area (Å²) < 4.78 is 1.30. The third-order valence-electron chi connectivity index (χ3n) is 3.53. The van der Waals surface area contributed by atoms with Gasteiger partial charge in [0.05, 0.1) is 5.56 Å². The molecule has 1 fully saturated rings. The van der Waals surface area contributed by atoms with Crippen molar-refractivity contribution in [2.45, 2.75) is 45.6 Å². The van der Waals surface area contributed by atoms with Crippen LogP contribution in [-0.2, 0) is 13.0 Å². The lowest BCUT2D eigenvalue weighted by atomic mass is 10.1. The molecule has 1 aromatic rings. The summed E-state index contributed by atoms with van der Waals surface area (Å²) in [5.41, 5.74) is -0.683. The zero-order valence-corrected chi connectivity index (χ0v) is 10.0. The summed E-state index contributed by atoms with van der Waals surface area (Å²) >= 11 is 0. The molecular formula is C12H18N2O3. The molecule has 94 valence electrons. The Morgan fingerprint density at radius 3 is 2.59 bits per heavy atom. The van der Waals surface area contributed by atoms with E-state index in [-0.39, 0.29) is 5.88 Å². The highest BCUT2D eigenvalue weighted by atomic mass is 16.3. The first kappa shape index (κ1) is 12.0. The zero-order chi connectivity index (χ0) is 12.4. The van der Waals surface area contributed by atoms with Crippen LogP contribution >= 0.6 is 0 Å². The average molecular weight is 238 g/mol. The van der Waals surface area contributed by atoms with Gasteiger partial charge in [0.2, 0.25) is 5.88 Å². The molecule has 5 nitrogen and oxygen atoms in total. The summed E-state index contributed by atoms with van der Waals surface area (Å²) in [5.74, 6) is 0.280. The molecule has 0 amide bonds. The summed E-state index contributed by atoms with van der Waals surface area (Å²) in [6.07, 6.45) is 4.97. The van der Waals surface area contributed by atoms with Crippen LogP contribution in [0.1, 0.15) is 38.2 Å². The van der Waals surface area contributed by atoms with Gasteiger partial charge in [0.1, 0.15) is 0 Å². The van der Waals surface area contributed by atoms with Crippen molar-refractivity contribution >= 4 is 0 Å². The molecule has 0 bridgehead atoms. The third kappa shape index (κ3) is 2.28. The van der Waals surface area contributed by atoms with E-state index >= 15 is 0 Å². The molecule has 0 saturated heterocycles. The van der Waals surface area contributed by atoms with E-state index in [4.69, 9.17) is 0 Å². The van der Waals surface area contributed by atoms with E-state index in [2.05, 4.69) is 4.98 Å². The Balaban J connectivity index is 2.38. The minimum Gasteiger partial charge on any atom is -0.494 e.